The number of hydrogen-bond acceptors (Lipinski definition) is 3. The van der Waals surface area contributed by atoms with Gasteiger partial charge in [0.05, 0.1) is 0 Å². The fraction of sp³-hybridized carbons (Fsp3) is 0.0217. The van der Waals surface area contributed by atoms with Crippen molar-refractivity contribution in [1.82, 2.24) is 15.0 Å². The molecule has 0 amide bonds. The molecule has 1 heterocycles. The second-order valence-corrected chi connectivity index (χ2v) is 12.4. The molecule has 0 radical (unpaired) electrons. The third-order valence-electron chi connectivity index (χ3n) is 9.36. The summed E-state index contributed by atoms with van der Waals surface area (Å²) < 4.78 is 0. The van der Waals surface area contributed by atoms with E-state index >= 15 is 0 Å². The number of nitrogens with zero attached hydrogens (tertiary/aromatic N) is 3. The third-order valence-corrected chi connectivity index (χ3v) is 9.36. The first-order valence-corrected chi connectivity index (χ1v) is 16.7. The van der Waals surface area contributed by atoms with Crippen LogP contribution in [0.2, 0.25) is 0 Å². The maximum Gasteiger partial charge on any atom is 0.164 e. The van der Waals surface area contributed by atoms with Crippen LogP contribution in [0, 0.1) is 0 Å². The first-order chi connectivity index (χ1) is 24.3. The van der Waals surface area contributed by atoms with E-state index < -0.39 is 0 Å². The van der Waals surface area contributed by atoms with E-state index in [9.17, 15) is 0 Å². The van der Waals surface area contributed by atoms with E-state index in [2.05, 4.69) is 152 Å². The second-order valence-electron chi connectivity index (χ2n) is 12.4. The van der Waals surface area contributed by atoms with Crippen molar-refractivity contribution in [2.75, 3.05) is 0 Å². The van der Waals surface area contributed by atoms with Gasteiger partial charge in [0.25, 0.3) is 0 Å². The summed E-state index contributed by atoms with van der Waals surface area (Å²) in [4.78, 5) is 15.4. The fourth-order valence-corrected chi connectivity index (χ4v) is 6.96. The molecule has 0 atom stereocenters. The molecular formula is C46H31N3. The first kappa shape index (κ1) is 28.7. The van der Waals surface area contributed by atoms with Crippen LogP contribution >= 0.6 is 0 Å². The molecule has 1 aliphatic carbocycles. The summed E-state index contributed by atoms with van der Waals surface area (Å²) in [7, 11) is 0. The minimum absolute atomic E-state index is 0.642. The van der Waals surface area contributed by atoms with Gasteiger partial charge in [0.15, 0.2) is 17.5 Å². The summed E-state index contributed by atoms with van der Waals surface area (Å²) in [5, 5.41) is 0. The van der Waals surface area contributed by atoms with Gasteiger partial charge in [-0.15, -0.1) is 0 Å². The van der Waals surface area contributed by atoms with Gasteiger partial charge in [0, 0.05) is 16.7 Å². The molecule has 1 aliphatic rings. The Balaban J connectivity index is 1.24. The average molecular weight is 626 g/mol. The van der Waals surface area contributed by atoms with Crippen molar-refractivity contribution in [1.29, 1.82) is 0 Å². The van der Waals surface area contributed by atoms with Crippen molar-refractivity contribution < 1.29 is 0 Å². The van der Waals surface area contributed by atoms with Gasteiger partial charge in [-0.25, -0.2) is 15.0 Å². The van der Waals surface area contributed by atoms with Crippen molar-refractivity contribution >= 4 is 0 Å². The van der Waals surface area contributed by atoms with E-state index in [1.54, 1.807) is 0 Å². The summed E-state index contributed by atoms with van der Waals surface area (Å²) in [6, 6.07) is 61.8. The highest BCUT2D eigenvalue weighted by molar-refractivity contribution is 5.88. The molecule has 0 aliphatic heterocycles. The molecule has 0 bridgehead atoms. The van der Waals surface area contributed by atoms with E-state index in [0.29, 0.717) is 17.5 Å². The summed E-state index contributed by atoms with van der Waals surface area (Å²) in [6.07, 6.45) is 0.915. The number of hydrogen-bond donors (Lipinski definition) is 0. The summed E-state index contributed by atoms with van der Waals surface area (Å²) >= 11 is 0. The minimum Gasteiger partial charge on any atom is -0.208 e. The van der Waals surface area contributed by atoms with Crippen molar-refractivity contribution in [2.45, 2.75) is 6.42 Å². The lowest BCUT2D eigenvalue weighted by Gasteiger charge is -2.14. The first-order valence-electron chi connectivity index (χ1n) is 16.7. The Morgan fingerprint density at radius 3 is 1.47 bits per heavy atom. The van der Waals surface area contributed by atoms with E-state index in [-0.39, 0.29) is 0 Å². The second kappa shape index (κ2) is 12.3. The normalized spacial score (nSPS) is 11.6. The van der Waals surface area contributed by atoms with Gasteiger partial charge in [-0.2, -0.15) is 0 Å². The molecule has 8 aromatic rings. The largest absolute Gasteiger partial charge is 0.208 e. The molecule has 7 aromatic carbocycles. The molecule has 3 nitrogen and oxygen atoms in total. The van der Waals surface area contributed by atoms with E-state index in [1.165, 1.54) is 27.8 Å². The highest BCUT2D eigenvalue weighted by atomic mass is 15.0. The van der Waals surface area contributed by atoms with Gasteiger partial charge in [0.2, 0.25) is 0 Å². The Bertz CT molecular complexity index is 2450. The molecule has 0 fully saturated rings. The zero-order chi connectivity index (χ0) is 32.6. The van der Waals surface area contributed by atoms with E-state index in [4.69, 9.17) is 15.0 Å². The predicted octanol–water partition coefficient (Wildman–Crippen LogP) is 11.4. The molecule has 0 N–H and O–H groups in total. The highest BCUT2D eigenvalue weighted by Gasteiger charge is 2.22. The summed E-state index contributed by atoms with van der Waals surface area (Å²) in [5.41, 5.74) is 15.1. The predicted molar refractivity (Wildman–Crippen MR) is 201 cm³/mol. The molecule has 49 heavy (non-hydrogen) atoms. The maximum atomic E-state index is 5.19. The van der Waals surface area contributed by atoms with Crippen molar-refractivity contribution in [3.05, 3.63) is 187 Å². The lowest BCUT2D eigenvalue weighted by molar-refractivity contribution is 1.07. The van der Waals surface area contributed by atoms with Crippen LogP contribution in [0.15, 0.2) is 176 Å². The zero-order valence-corrected chi connectivity index (χ0v) is 26.8. The molecule has 0 spiro atoms. The van der Waals surface area contributed by atoms with Crippen LogP contribution < -0.4 is 0 Å². The SMILES string of the molecule is c1ccc(-c2cccc(-c3nc(-c4ccccc4)nc(-c4cc(-c5ccccc5)cc(-c5cccc6c5Cc5ccccc5-6)c4)n3)c2)cc1. The standard InChI is InChI=1S/C46H31N3/c1-4-14-31(15-5-1)34-21-12-22-36(26-34)45-47-44(33-18-8-3-9-19-33)48-46(49-45)39-28-37(32-16-6-2-7-17-32)27-38(29-39)41-24-13-25-42-40-23-11-10-20-35(40)30-43(41)42/h1-29H,30H2. The minimum atomic E-state index is 0.642. The van der Waals surface area contributed by atoms with Crippen molar-refractivity contribution in [3.8, 4) is 78.7 Å². The van der Waals surface area contributed by atoms with E-state index in [1.807, 2.05) is 24.3 Å². The number of aromatic nitrogens is 3. The molecular weight excluding hydrogens is 595 g/mol. The Morgan fingerprint density at radius 2 is 0.735 bits per heavy atom. The Kier molecular flexibility index (Phi) is 7.21. The van der Waals surface area contributed by atoms with Crippen LogP contribution in [0.3, 0.4) is 0 Å². The van der Waals surface area contributed by atoms with Crippen LogP contribution in [0.4, 0.5) is 0 Å². The van der Waals surface area contributed by atoms with Crippen LogP contribution in [0.25, 0.3) is 78.7 Å². The molecule has 3 heteroatoms. The lowest BCUT2D eigenvalue weighted by Crippen LogP contribution is -2.01. The van der Waals surface area contributed by atoms with Gasteiger partial charge in [-0.1, -0.05) is 152 Å². The number of fused-ring (bicyclic) bond motifs is 3. The fourth-order valence-electron chi connectivity index (χ4n) is 6.96. The molecule has 0 unspecified atom stereocenters. The molecule has 9 rings (SSSR count). The van der Waals surface area contributed by atoms with Crippen molar-refractivity contribution in [2.24, 2.45) is 0 Å². The Labute approximate surface area is 286 Å². The highest BCUT2D eigenvalue weighted by Crippen LogP contribution is 2.43. The van der Waals surface area contributed by atoms with Gasteiger partial charge < -0.3 is 0 Å². The van der Waals surface area contributed by atoms with Gasteiger partial charge in [-0.05, 0) is 86.3 Å². The van der Waals surface area contributed by atoms with Crippen LogP contribution in [0.1, 0.15) is 11.1 Å². The molecule has 0 saturated heterocycles. The van der Waals surface area contributed by atoms with Gasteiger partial charge in [0.1, 0.15) is 0 Å². The van der Waals surface area contributed by atoms with Gasteiger partial charge in [-0.3, -0.25) is 0 Å². The smallest absolute Gasteiger partial charge is 0.164 e. The van der Waals surface area contributed by atoms with E-state index in [0.717, 1.165) is 50.9 Å². The van der Waals surface area contributed by atoms with Gasteiger partial charge >= 0.3 is 0 Å². The Hall–Kier alpha value is -6.45. The molecule has 1 aromatic heterocycles. The molecule has 0 saturated carbocycles. The quantitative estimate of drug-likeness (QED) is 0.185. The monoisotopic (exact) mass is 625 g/mol. The van der Waals surface area contributed by atoms with Crippen LogP contribution in [0.5, 0.6) is 0 Å². The lowest BCUT2D eigenvalue weighted by atomic mass is 9.91. The third kappa shape index (κ3) is 5.52. The van der Waals surface area contributed by atoms with Crippen molar-refractivity contribution in [3.63, 3.8) is 0 Å². The van der Waals surface area contributed by atoms with Crippen LogP contribution in [-0.4, -0.2) is 15.0 Å². The summed E-state index contributed by atoms with van der Waals surface area (Å²) in [6.45, 7) is 0. The topological polar surface area (TPSA) is 38.7 Å². The Morgan fingerprint density at radius 1 is 0.286 bits per heavy atom. The molecule has 230 valence electrons. The summed E-state index contributed by atoms with van der Waals surface area (Å²) in [5.74, 6) is 1.93. The average Bonchev–Trinajstić information content (AvgIpc) is 3.58. The zero-order valence-electron chi connectivity index (χ0n) is 26.8. The van der Waals surface area contributed by atoms with Crippen LogP contribution in [-0.2, 0) is 6.42 Å². The number of rotatable bonds is 6. The number of benzene rings is 7. The maximum absolute atomic E-state index is 5.19.